The van der Waals surface area contributed by atoms with Crippen molar-refractivity contribution in [3.63, 3.8) is 0 Å². The van der Waals surface area contributed by atoms with E-state index >= 15 is 0 Å². The highest BCUT2D eigenvalue weighted by molar-refractivity contribution is 7.89. The van der Waals surface area contributed by atoms with E-state index in [1.165, 1.54) is 22.5 Å². The summed E-state index contributed by atoms with van der Waals surface area (Å²) in [5.74, 6) is -1.18. The van der Waals surface area contributed by atoms with Gasteiger partial charge in [-0.2, -0.15) is 4.31 Å². The molecule has 0 aromatic heterocycles. The van der Waals surface area contributed by atoms with Crippen molar-refractivity contribution in [2.24, 2.45) is 5.41 Å². The Kier molecular flexibility index (Phi) is 4.39. The number of piperidine rings is 1. The Morgan fingerprint density at radius 2 is 2.13 bits per heavy atom. The molecule has 1 N–H and O–H groups in total. The molecule has 2 fully saturated rings. The van der Waals surface area contributed by atoms with Crippen LogP contribution in [0.5, 0.6) is 0 Å². The summed E-state index contributed by atoms with van der Waals surface area (Å²) in [6.07, 6.45) is 2.64. The first kappa shape index (κ1) is 16.7. The highest BCUT2D eigenvalue weighted by Crippen LogP contribution is 2.39. The SMILES string of the molecule is O=C(O)c1ccc(S(=O)(=O)N2CCCC3(CCOC3)C2)cc1Cl. The lowest BCUT2D eigenvalue weighted by Gasteiger charge is -2.38. The standard InChI is InChI=1S/C15H18ClNO5S/c16-13-8-11(2-3-12(13)14(18)19)23(20,21)17-6-1-4-15(9-17)5-7-22-10-15/h2-3,8H,1,4-7,9-10H2,(H,18,19). The highest BCUT2D eigenvalue weighted by Gasteiger charge is 2.42. The van der Waals surface area contributed by atoms with Gasteiger partial charge in [0.2, 0.25) is 10.0 Å². The molecule has 1 atom stereocenters. The Balaban J connectivity index is 1.89. The summed E-state index contributed by atoms with van der Waals surface area (Å²) in [7, 11) is -3.69. The number of halogens is 1. The van der Waals surface area contributed by atoms with Crippen molar-refractivity contribution in [2.75, 3.05) is 26.3 Å². The smallest absolute Gasteiger partial charge is 0.337 e. The molecule has 1 aromatic rings. The number of aromatic carboxylic acids is 1. The number of benzene rings is 1. The first-order chi connectivity index (χ1) is 10.8. The van der Waals surface area contributed by atoms with E-state index in [0.29, 0.717) is 26.3 Å². The molecule has 126 valence electrons. The van der Waals surface area contributed by atoms with Gasteiger partial charge in [-0.1, -0.05) is 11.6 Å². The molecular formula is C15H18ClNO5S. The number of rotatable bonds is 3. The number of hydrogen-bond donors (Lipinski definition) is 1. The van der Waals surface area contributed by atoms with Gasteiger partial charge in [0.15, 0.2) is 0 Å². The Morgan fingerprint density at radius 3 is 2.74 bits per heavy atom. The lowest BCUT2D eigenvalue weighted by molar-refractivity contribution is 0.0697. The van der Waals surface area contributed by atoms with Crippen molar-refractivity contribution in [3.05, 3.63) is 28.8 Å². The second kappa shape index (κ2) is 6.05. The van der Waals surface area contributed by atoms with Crippen LogP contribution in [0.2, 0.25) is 5.02 Å². The van der Waals surface area contributed by atoms with Crippen LogP contribution in [0.3, 0.4) is 0 Å². The van der Waals surface area contributed by atoms with Gasteiger partial charge in [0.05, 0.1) is 22.1 Å². The number of sulfonamides is 1. The molecule has 2 heterocycles. The number of carbonyl (C=O) groups is 1. The van der Waals surface area contributed by atoms with Crippen molar-refractivity contribution in [3.8, 4) is 0 Å². The van der Waals surface area contributed by atoms with Crippen molar-refractivity contribution >= 4 is 27.6 Å². The fourth-order valence-corrected chi connectivity index (χ4v) is 5.26. The molecule has 1 aromatic carbocycles. The van der Waals surface area contributed by atoms with Crippen molar-refractivity contribution in [1.82, 2.24) is 4.31 Å². The lowest BCUT2D eigenvalue weighted by atomic mass is 9.80. The van der Waals surface area contributed by atoms with Crippen LogP contribution < -0.4 is 0 Å². The molecule has 1 unspecified atom stereocenters. The Morgan fingerprint density at radius 1 is 1.35 bits per heavy atom. The van der Waals surface area contributed by atoms with E-state index in [-0.39, 0.29) is 20.9 Å². The molecule has 2 aliphatic rings. The van der Waals surface area contributed by atoms with Gasteiger partial charge in [0.1, 0.15) is 0 Å². The van der Waals surface area contributed by atoms with Crippen molar-refractivity contribution in [1.29, 1.82) is 0 Å². The molecule has 2 aliphatic heterocycles. The van der Waals surface area contributed by atoms with E-state index in [1.807, 2.05) is 0 Å². The van der Waals surface area contributed by atoms with Crippen LogP contribution in [0.15, 0.2) is 23.1 Å². The molecular weight excluding hydrogens is 342 g/mol. The summed E-state index contributed by atoms with van der Waals surface area (Å²) >= 11 is 5.91. The molecule has 0 amide bonds. The molecule has 23 heavy (non-hydrogen) atoms. The minimum absolute atomic E-state index is 0.0310. The van der Waals surface area contributed by atoms with Gasteiger partial charge in [0.25, 0.3) is 0 Å². The number of nitrogens with zero attached hydrogens (tertiary/aromatic N) is 1. The van der Waals surface area contributed by atoms with Crippen LogP contribution in [-0.2, 0) is 14.8 Å². The van der Waals surface area contributed by atoms with E-state index in [4.69, 9.17) is 21.4 Å². The summed E-state index contributed by atoms with van der Waals surface area (Å²) in [6.45, 7) is 2.17. The molecule has 2 saturated heterocycles. The van der Waals surface area contributed by atoms with Crippen LogP contribution in [0, 0.1) is 5.41 Å². The molecule has 0 saturated carbocycles. The normalized spacial score (nSPS) is 25.8. The topological polar surface area (TPSA) is 83.9 Å². The largest absolute Gasteiger partial charge is 0.478 e. The molecule has 0 aliphatic carbocycles. The average molecular weight is 360 g/mol. The summed E-state index contributed by atoms with van der Waals surface area (Å²) in [5, 5.41) is 8.91. The minimum atomic E-state index is -3.69. The van der Waals surface area contributed by atoms with Crippen LogP contribution in [0.25, 0.3) is 0 Å². The third kappa shape index (κ3) is 3.10. The fraction of sp³-hybridized carbons (Fsp3) is 0.533. The third-order valence-electron chi connectivity index (χ3n) is 4.62. The quantitative estimate of drug-likeness (QED) is 0.894. The first-order valence-corrected chi connectivity index (χ1v) is 9.27. The Hall–Kier alpha value is -1.15. The second-order valence-corrected chi connectivity index (χ2v) is 8.54. The average Bonchev–Trinajstić information content (AvgIpc) is 2.94. The molecule has 1 spiro atoms. The van der Waals surface area contributed by atoms with E-state index < -0.39 is 16.0 Å². The van der Waals surface area contributed by atoms with E-state index in [1.54, 1.807) is 0 Å². The van der Waals surface area contributed by atoms with Crippen molar-refractivity contribution in [2.45, 2.75) is 24.2 Å². The van der Waals surface area contributed by atoms with Crippen LogP contribution in [0.1, 0.15) is 29.6 Å². The number of carboxylic acids is 1. The predicted octanol–water partition coefficient (Wildman–Crippen LogP) is 2.23. The number of ether oxygens (including phenoxy) is 1. The lowest BCUT2D eigenvalue weighted by Crippen LogP contribution is -2.46. The predicted molar refractivity (Wildman–Crippen MR) is 84.3 cm³/mol. The maximum atomic E-state index is 12.8. The zero-order valence-corrected chi connectivity index (χ0v) is 14.1. The van der Waals surface area contributed by atoms with Gasteiger partial charge >= 0.3 is 5.97 Å². The third-order valence-corrected chi connectivity index (χ3v) is 6.77. The molecule has 0 bridgehead atoms. The minimum Gasteiger partial charge on any atom is -0.478 e. The van der Waals surface area contributed by atoms with E-state index in [2.05, 4.69) is 0 Å². The number of carboxylic acid groups (broad SMARTS) is 1. The van der Waals surface area contributed by atoms with Gasteiger partial charge in [-0.25, -0.2) is 13.2 Å². The molecule has 3 rings (SSSR count). The van der Waals surface area contributed by atoms with Crippen LogP contribution in [0.4, 0.5) is 0 Å². The fourth-order valence-electron chi connectivity index (χ4n) is 3.32. The first-order valence-electron chi connectivity index (χ1n) is 7.45. The number of hydrogen-bond acceptors (Lipinski definition) is 4. The van der Waals surface area contributed by atoms with Gasteiger partial charge in [-0.05, 0) is 37.5 Å². The van der Waals surface area contributed by atoms with Gasteiger partial charge in [-0.3, -0.25) is 0 Å². The summed E-state index contributed by atoms with van der Waals surface area (Å²) in [4.78, 5) is 11.0. The van der Waals surface area contributed by atoms with Gasteiger partial charge < -0.3 is 9.84 Å². The van der Waals surface area contributed by atoms with Crippen LogP contribution >= 0.6 is 11.6 Å². The van der Waals surface area contributed by atoms with Gasteiger partial charge in [-0.15, -0.1) is 0 Å². The van der Waals surface area contributed by atoms with E-state index in [0.717, 1.165) is 19.3 Å². The summed E-state index contributed by atoms with van der Waals surface area (Å²) in [6, 6.07) is 3.75. The Bertz CT molecular complexity index is 727. The molecule has 8 heteroatoms. The van der Waals surface area contributed by atoms with Gasteiger partial charge in [0, 0.05) is 25.1 Å². The maximum Gasteiger partial charge on any atom is 0.337 e. The summed E-state index contributed by atoms with van der Waals surface area (Å²) < 4.78 is 32.6. The monoisotopic (exact) mass is 359 g/mol. The summed E-state index contributed by atoms with van der Waals surface area (Å²) in [5.41, 5.74) is -0.194. The zero-order chi connectivity index (χ0) is 16.7. The maximum absolute atomic E-state index is 12.8. The zero-order valence-electron chi connectivity index (χ0n) is 12.5. The molecule has 0 radical (unpaired) electrons. The van der Waals surface area contributed by atoms with Crippen LogP contribution in [-0.4, -0.2) is 50.1 Å². The Labute approximate surface area is 140 Å². The van der Waals surface area contributed by atoms with Crippen molar-refractivity contribution < 1.29 is 23.1 Å². The second-order valence-electron chi connectivity index (χ2n) is 6.19. The van der Waals surface area contributed by atoms with E-state index in [9.17, 15) is 13.2 Å². The molecule has 6 nitrogen and oxygen atoms in total. The highest BCUT2D eigenvalue weighted by atomic mass is 35.5.